The fourth-order valence-electron chi connectivity index (χ4n) is 3.46. The minimum absolute atomic E-state index is 0.0778. The highest BCUT2D eigenvalue weighted by molar-refractivity contribution is 5.79. The van der Waals surface area contributed by atoms with Crippen LogP contribution >= 0.6 is 0 Å². The number of nitrogens with zero attached hydrogens (tertiary/aromatic N) is 4. The molecular formula is C21H22N4O2. The van der Waals surface area contributed by atoms with Gasteiger partial charge in [-0.25, -0.2) is 4.68 Å². The molecule has 138 valence electrons. The fourth-order valence-corrected chi connectivity index (χ4v) is 3.46. The van der Waals surface area contributed by atoms with Gasteiger partial charge in [0.05, 0.1) is 12.1 Å². The van der Waals surface area contributed by atoms with Crippen molar-refractivity contribution in [3.05, 3.63) is 82.0 Å². The zero-order chi connectivity index (χ0) is 18.8. The Balaban J connectivity index is 1.45. The van der Waals surface area contributed by atoms with Crippen molar-refractivity contribution in [1.82, 2.24) is 19.2 Å². The molecule has 0 saturated heterocycles. The number of aryl methyl sites for hydroxylation is 1. The van der Waals surface area contributed by atoms with E-state index in [2.05, 4.69) is 5.10 Å². The Morgan fingerprint density at radius 1 is 1.15 bits per heavy atom. The first-order valence-corrected chi connectivity index (χ1v) is 9.24. The molecule has 27 heavy (non-hydrogen) atoms. The second-order valence-corrected chi connectivity index (χ2v) is 6.77. The van der Waals surface area contributed by atoms with Gasteiger partial charge in [0, 0.05) is 55.8 Å². The quantitative estimate of drug-likeness (QED) is 0.715. The molecule has 0 unspecified atom stereocenters. The van der Waals surface area contributed by atoms with Gasteiger partial charge in [-0.1, -0.05) is 12.1 Å². The van der Waals surface area contributed by atoms with Gasteiger partial charge in [-0.15, -0.1) is 0 Å². The normalized spacial score (nSPS) is 13.4. The number of hydrogen-bond acceptors (Lipinski definition) is 3. The predicted octanol–water partition coefficient (Wildman–Crippen LogP) is 2.18. The summed E-state index contributed by atoms with van der Waals surface area (Å²) in [6.07, 6.45) is 5.03. The topological polar surface area (TPSA) is 60.1 Å². The Hall–Kier alpha value is -3.15. The first kappa shape index (κ1) is 17.3. The molecule has 6 heteroatoms. The van der Waals surface area contributed by atoms with Crippen molar-refractivity contribution >= 4 is 5.91 Å². The van der Waals surface area contributed by atoms with Crippen LogP contribution in [-0.4, -0.2) is 31.7 Å². The second kappa shape index (κ2) is 7.23. The van der Waals surface area contributed by atoms with Crippen molar-refractivity contribution in [2.45, 2.75) is 32.9 Å². The van der Waals surface area contributed by atoms with E-state index in [1.807, 2.05) is 65.2 Å². The summed E-state index contributed by atoms with van der Waals surface area (Å²) in [7, 11) is 0. The van der Waals surface area contributed by atoms with E-state index in [1.165, 1.54) is 4.68 Å². The van der Waals surface area contributed by atoms with E-state index >= 15 is 0 Å². The van der Waals surface area contributed by atoms with Crippen LogP contribution in [0, 0.1) is 0 Å². The number of fused-ring (bicyclic) bond motifs is 1. The van der Waals surface area contributed by atoms with Gasteiger partial charge < -0.3 is 9.47 Å². The molecule has 1 amide bonds. The Bertz CT molecular complexity index is 1000. The van der Waals surface area contributed by atoms with E-state index in [4.69, 9.17) is 0 Å². The van der Waals surface area contributed by atoms with Gasteiger partial charge in [-0.2, -0.15) is 5.10 Å². The zero-order valence-electron chi connectivity index (χ0n) is 15.3. The van der Waals surface area contributed by atoms with Crippen LogP contribution < -0.4 is 5.56 Å². The summed E-state index contributed by atoms with van der Waals surface area (Å²) in [5, 5.41) is 4.41. The molecule has 1 aliphatic rings. The molecule has 1 aliphatic heterocycles. The van der Waals surface area contributed by atoms with Crippen molar-refractivity contribution in [2.75, 3.05) is 6.54 Å². The Kier molecular flexibility index (Phi) is 4.62. The van der Waals surface area contributed by atoms with Crippen molar-refractivity contribution in [3.8, 4) is 5.69 Å². The number of benzene rings is 1. The lowest BCUT2D eigenvalue weighted by Gasteiger charge is -2.28. The molecule has 0 fully saturated rings. The van der Waals surface area contributed by atoms with E-state index in [9.17, 15) is 9.59 Å². The molecule has 0 saturated carbocycles. The number of aromatic nitrogens is 3. The van der Waals surface area contributed by atoms with Gasteiger partial charge in [0.25, 0.3) is 5.56 Å². The lowest BCUT2D eigenvalue weighted by atomic mass is 10.0. The SMILES string of the molecule is CCn1nc2c(cc1=O)CN(C(=O)Cc1ccc(-n3cccc3)cc1)CC2. The first-order valence-electron chi connectivity index (χ1n) is 9.24. The molecule has 0 aliphatic carbocycles. The van der Waals surface area contributed by atoms with E-state index in [1.54, 1.807) is 6.07 Å². The van der Waals surface area contributed by atoms with Crippen LogP contribution in [0.15, 0.2) is 59.7 Å². The van der Waals surface area contributed by atoms with Crippen LogP contribution in [0.4, 0.5) is 0 Å². The minimum atomic E-state index is -0.105. The molecule has 0 N–H and O–H groups in total. The van der Waals surface area contributed by atoms with Gasteiger partial charge in [0.2, 0.25) is 5.91 Å². The van der Waals surface area contributed by atoms with Gasteiger partial charge in [-0.3, -0.25) is 9.59 Å². The zero-order valence-corrected chi connectivity index (χ0v) is 15.3. The molecule has 6 nitrogen and oxygen atoms in total. The summed E-state index contributed by atoms with van der Waals surface area (Å²) >= 11 is 0. The highest BCUT2D eigenvalue weighted by Gasteiger charge is 2.22. The molecule has 0 radical (unpaired) electrons. The molecule has 3 aromatic rings. The summed E-state index contributed by atoms with van der Waals surface area (Å²) in [4.78, 5) is 26.5. The highest BCUT2D eigenvalue weighted by atomic mass is 16.2. The largest absolute Gasteiger partial charge is 0.338 e. The maximum Gasteiger partial charge on any atom is 0.267 e. The lowest BCUT2D eigenvalue weighted by molar-refractivity contribution is -0.131. The number of hydrogen-bond donors (Lipinski definition) is 0. The molecular weight excluding hydrogens is 340 g/mol. The van der Waals surface area contributed by atoms with Crippen LogP contribution in [0.25, 0.3) is 5.69 Å². The van der Waals surface area contributed by atoms with E-state index in [0.717, 1.165) is 22.5 Å². The maximum atomic E-state index is 12.7. The lowest BCUT2D eigenvalue weighted by Crippen LogP contribution is -2.39. The number of carbonyl (C=O) groups excluding carboxylic acids is 1. The summed E-state index contributed by atoms with van der Waals surface area (Å²) in [6, 6.07) is 13.6. The smallest absolute Gasteiger partial charge is 0.267 e. The highest BCUT2D eigenvalue weighted by Crippen LogP contribution is 2.17. The minimum Gasteiger partial charge on any atom is -0.338 e. The molecule has 0 atom stereocenters. The summed E-state index contributed by atoms with van der Waals surface area (Å²) < 4.78 is 3.51. The predicted molar refractivity (Wildman–Crippen MR) is 103 cm³/mol. The second-order valence-electron chi connectivity index (χ2n) is 6.77. The van der Waals surface area contributed by atoms with Crippen molar-refractivity contribution in [3.63, 3.8) is 0 Å². The molecule has 3 heterocycles. The summed E-state index contributed by atoms with van der Waals surface area (Å²) in [6.45, 7) is 3.57. The van der Waals surface area contributed by atoms with Gasteiger partial charge in [0.15, 0.2) is 0 Å². The van der Waals surface area contributed by atoms with Crippen molar-refractivity contribution in [1.29, 1.82) is 0 Å². The Morgan fingerprint density at radius 3 is 2.59 bits per heavy atom. The monoisotopic (exact) mass is 362 g/mol. The third-order valence-electron chi connectivity index (χ3n) is 4.99. The maximum absolute atomic E-state index is 12.7. The van der Waals surface area contributed by atoms with Crippen molar-refractivity contribution < 1.29 is 4.79 Å². The molecule has 2 aromatic heterocycles. The molecule has 4 rings (SSSR count). The average molecular weight is 362 g/mol. The van der Waals surface area contributed by atoms with Crippen LogP contribution in [0.1, 0.15) is 23.7 Å². The number of amides is 1. The summed E-state index contributed by atoms with van der Waals surface area (Å²) in [5.74, 6) is 0.0778. The first-order chi connectivity index (χ1) is 13.1. The van der Waals surface area contributed by atoms with Gasteiger partial charge in [-0.05, 0) is 36.8 Å². The van der Waals surface area contributed by atoms with E-state index < -0.39 is 0 Å². The average Bonchev–Trinajstić information content (AvgIpc) is 3.22. The Morgan fingerprint density at radius 2 is 1.89 bits per heavy atom. The Labute approximate surface area is 157 Å². The third kappa shape index (κ3) is 3.56. The van der Waals surface area contributed by atoms with E-state index in [-0.39, 0.29) is 11.5 Å². The summed E-state index contributed by atoms with van der Waals surface area (Å²) in [5.41, 5.74) is 3.75. The van der Waals surface area contributed by atoms with Crippen LogP contribution in [0.2, 0.25) is 0 Å². The standard InChI is InChI=1S/C21H22N4O2/c1-2-25-21(27)14-17-15-24(12-9-19(17)22-25)20(26)13-16-5-7-18(8-6-16)23-10-3-4-11-23/h3-8,10-11,14H,2,9,12-13,15H2,1H3. The van der Waals surface area contributed by atoms with Gasteiger partial charge in [0.1, 0.15) is 0 Å². The number of rotatable bonds is 4. The molecule has 0 spiro atoms. The molecule has 0 bridgehead atoms. The fraction of sp³-hybridized carbons (Fsp3) is 0.286. The third-order valence-corrected chi connectivity index (χ3v) is 4.99. The van der Waals surface area contributed by atoms with Crippen LogP contribution in [-0.2, 0) is 30.7 Å². The van der Waals surface area contributed by atoms with Crippen molar-refractivity contribution in [2.24, 2.45) is 0 Å². The van der Waals surface area contributed by atoms with E-state index in [0.29, 0.717) is 32.5 Å². The van der Waals surface area contributed by atoms with Crippen LogP contribution in [0.3, 0.4) is 0 Å². The van der Waals surface area contributed by atoms with Crippen LogP contribution in [0.5, 0.6) is 0 Å². The number of carbonyl (C=O) groups is 1. The van der Waals surface area contributed by atoms with Gasteiger partial charge >= 0.3 is 0 Å². The molecule has 1 aromatic carbocycles.